The molecule has 6 nitrogen and oxygen atoms in total. The minimum absolute atomic E-state index is 0.0415. The molecule has 2 heterocycles. The van der Waals surface area contributed by atoms with E-state index in [-0.39, 0.29) is 11.6 Å². The molecule has 0 aliphatic heterocycles. The standard InChI is InChI=1S/C12H14N4O2/c1-3-8-9(5-4-7(2)16-8)18-12-10(13)11(17)14-6-15-12/h4-6H,3,13H2,1-2H3,(H,14,15,17). The van der Waals surface area contributed by atoms with Gasteiger partial charge in [0.25, 0.3) is 5.56 Å². The Kier molecular flexibility index (Phi) is 3.27. The van der Waals surface area contributed by atoms with Gasteiger partial charge in [0.05, 0.1) is 12.0 Å². The molecule has 0 aliphatic carbocycles. The number of rotatable bonds is 3. The minimum Gasteiger partial charge on any atom is -0.435 e. The van der Waals surface area contributed by atoms with E-state index in [9.17, 15) is 4.79 Å². The number of nitrogens with zero attached hydrogens (tertiary/aromatic N) is 2. The zero-order valence-corrected chi connectivity index (χ0v) is 10.2. The van der Waals surface area contributed by atoms with Gasteiger partial charge >= 0.3 is 0 Å². The Morgan fingerprint density at radius 2 is 2.22 bits per heavy atom. The molecule has 0 aliphatic rings. The topological polar surface area (TPSA) is 93.9 Å². The third kappa shape index (κ3) is 2.32. The van der Waals surface area contributed by atoms with Gasteiger partial charge in [-0.1, -0.05) is 6.92 Å². The second-order valence-corrected chi connectivity index (χ2v) is 3.80. The summed E-state index contributed by atoms with van der Waals surface area (Å²) >= 11 is 0. The fraction of sp³-hybridized carbons (Fsp3) is 0.250. The van der Waals surface area contributed by atoms with Crippen molar-refractivity contribution in [3.8, 4) is 11.6 Å². The normalized spacial score (nSPS) is 10.3. The van der Waals surface area contributed by atoms with E-state index < -0.39 is 5.56 Å². The number of aromatic amines is 1. The molecule has 3 N–H and O–H groups in total. The van der Waals surface area contributed by atoms with Crippen LogP contribution in [0.5, 0.6) is 11.6 Å². The smallest absolute Gasteiger partial charge is 0.277 e. The first-order valence-electron chi connectivity index (χ1n) is 5.59. The van der Waals surface area contributed by atoms with E-state index in [1.54, 1.807) is 6.07 Å². The van der Waals surface area contributed by atoms with E-state index in [1.165, 1.54) is 6.33 Å². The Morgan fingerprint density at radius 3 is 2.94 bits per heavy atom. The van der Waals surface area contributed by atoms with Crippen LogP contribution in [-0.2, 0) is 6.42 Å². The van der Waals surface area contributed by atoms with Crippen molar-refractivity contribution in [3.05, 3.63) is 40.2 Å². The number of nitrogens with two attached hydrogens (primary N) is 1. The summed E-state index contributed by atoms with van der Waals surface area (Å²) in [5.41, 5.74) is 6.85. The Hall–Kier alpha value is -2.37. The maximum Gasteiger partial charge on any atom is 0.277 e. The lowest BCUT2D eigenvalue weighted by molar-refractivity contribution is 0.454. The molecule has 2 aromatic heterocycles. The lowest BCUT2D eigenvalue weighted by Gasteiger charge is -2.10. The maximum atomic E-state index is 11.3. The summed E-state index contributed by atoms with van der Waals surface area (Å²) in [6, 6.07) is 3.63. The molecular formula is C12H14N4O2. The van der Waals surface area contributed by atoms with Gasteiger partial charge in [-0.05, 0) is 25.5 Å². The molecule has 2 aromatic rings. The predicted molar refractivity (Wildman–Crippen MR) is 67.7 cm³/mol. The first kappa shape index (κ1) is 12.1. The van der Waals surface area contributed by atoms with E-state index >= 15 is 0 Å². The van der Waals surface area contributed by atoms with Crippen LogP contribution in [0.3, 0.4) is 0 Å². The monoisotopic (exact) mass is 246 g/mol. The minimum atomic E-state index is -0.418. The number of hydrogen-bond donors (Lipinski definition) is 2. The zero-order valence-electron chi connectivity index (χ0n) is 10.2. The Balaban J connectivity index is 2.40. The fourth-order valence-corrected chi connectivity index (χ4v) is 1.52. The highest BCUT2D eigenvalue weighted by molar-refractivity contribution is 5.47. The van der Waals surface area contributed by atoms with Crippen molar-refractivity contribution in [1.82, 2.24) is 15.0 Å². The number of H-pyrrole nitrogens is 1. The molecule has 0 saturated carbocycles. The van der Waals surface area contributed by atoms with E-state index in [0.29, 0.717) is 5.75 Å². The quantitative estimate of drug-likeness (QED) is 0.853. The van der Waals surface area contributed by atoms with Gasteiger partial charge in [-0.25, -0.2) is 4.98 Å². The summed E-state index contributed by atoms with van der Waals surface area (Å²) in [6.07, 6.45) is 1.97. The van der Waals surface area contributed by atoms with E-state index in [2.05, 4.69) is 15.0 Å². The molecule has 6 heteroatoms. The maximum absolute atomic E-state index is 11.3. The summed E-state index contributed by atoms with van der Waals surface area (Å²) in [7, 11) is 0. The van der Waals surface area contributed by atoms with Crippen molar-refractivity contribution >= 4 is 5.69 Å². The lowest BCUT2D eigenvalue weighted by atomic mass is 10.2. The average molecular weight is 246 g/mol. The molecule has 0 atom stereocenters. The number of aromatic nitrogens is 3. The number of nitrogen functional groups attached to an aromatic ring is 1. The molecule has 0 bridgehead atoms. The number of hydrogen-bond acceptors (Lipinski definition) is 5. The van der Waals surface area contributed by atoms with Crippen LogP contribution < -0.4 is 16.0 Å². The highest BCUT2D eigenvalue weighted by Gasteiger charge is 2.10. The van der Waals surface area contributed by atoms with Crippen molar-refractivity contribution in [2.75, 3.05) is 5.73 Å². The van der Waals surface area contributed by atoms with Crippen LogP contribution in [-0.4, -0.2) is 15.0 Å². The lowest BCUT2D eigenvalue weighted by Crippen LogP contribution is -2.13. The van der Waals surface area contributed by atoms with Crippen LogP contribution in [0.1, 0.15) is 18.3 Å². The highest BCUT2D eigenvalue weighted by atomic mass is 16.5. The molecule has 0 fully saturated rings. The van der Waals surface area contributed by atoms with Crippen LogP contribution in [0.2, 0.25) is 0 Å². The molecule has 0 radical (unpaired) electrons. The van der Waals surface area contributed by atoms with Crippen LogP contribution in [0.15, 0.2) is 23.3 Å². The zero-order chi connectivity index (χ0) is 13.1. The van der Waals surface area contributed by atoms with Crippen LogP contribution in [0.4, 0.5) is 5.69 Å². The Bertz CT molecular complexity index is 622. The summed E-state index contributed by atoms with van der Waals surface area (Å²) in [6.45, 7) is 3.88. The molecule has 0 amide bonds. The molecule has 0 unspecified atom stereocenters. The van der Waals surface area contributed by atoms with Crippen LogP contribution in [0.25, 0.3) is 0 Å². The van der Waals surface area contributed by atoms with Crippen molar-refractivity contribution < 1.29 is 4.74 Å². The van der Waals surface area contributed by atoms with Gasteiger partial charge in [0.2, 0.25) is 5.88 Å². The SMILES string of the molecule is CCc1nc(C)ccc1Oc1nc[nH]c(=O)c1N. The van der Waals surface area contributed by atoms with Gasteiger partial charge in [0.1, 0.15) is 0 Å². The van der Waals surface area contributed by atoms with Crippen molar-refractivity contribution in [3.63, 3.8) is 0 Å². The average Bonchev–Trinajstić information content (AvgIpc) is 2.37. The van der Waals surface area contributed by atoms with Crippen molar-refractivity contribution in [2.24, 2.45) is 0 Å². The summed E-state index contributed by atoms with van der Waals surface area (Å²) in [5.74, 6) is 0.659. The Labute approximate surface area is 104 Å². The molecule has 0 aromatic carbocycles. The largest absolute Gasteiger partial charge is 0.435 e. The third-order valence-electron chi connectivity index (χ3n) is 2.47. The van der Waals surface area contributed by atoms with Gasteiger partial charge < -0.3 is 15.5 Å². The molecule has 18 heavy (non-hydrogen) atoms. The molecule has 94 valence electrons. The highest BCUT2D eigenvalue weighted by Crippen LogP contribution is 2.25. The Morgan fingerprint density at radius 1 is 1.44 bits per heavy atom. The van der Waals surface area contributed by atoms with Crippen molar-refractivity contribution in [2.45, 2.75) is 20.3 Å². The molecule has 0 spiro atoms. The van der Waals surface area contributed by atoms with Crippen LogP contribution >= 0.6 is 0 Å². The molecular weight excluding hydrogens is 232 g/mol. The number of aryl methyl sites for hydroxylation is 2. The van der Waals surface area contributed by atoms with Crippen molar-refractivity contribution in [1.29, 1.82) is 0 Å². The summed E-state index contributed by atoms with van der Waals surface area (Å²) in [5, 5.41) is 0. The number of nitrogens with one attached hydrogen (secondary N) is 1. The van der Waals surface area contributed by atoms with Crippen LogP contribution in [0, 0.1) is 6.92 Å². The van der Waals surface area contributed by atoms with Gasteiger partial charge in [0.15, 0.2) is 11.4 Å². The van der Waals surface area contributed by atoms with Gasteiger partial charge in [-0.3, -0.25) is 9.78 Å². The second kappa shape index (κ2) is 4.87. The first-order chi connectivity index (χ1) is 8.61. The number of anilines is 1. The van der Waals surface area contributed by atoms with E-state index in [0.717, 1.165) is 17.8 Å². The molecule has 0 saturated heterocycles. The summed E-state index contributed by atoms with van der Waals surface area (Å²) in [4.78, 5) is 22.0. The van der Waals surface area contributed by atoms with E-state index in [4.69, 9.17) is 10.5 Å². The van der Waals surface area contributed by atoms with Gasteiger partial charge in [0, 0.05) is 5.69 Å². The summed E-state index contributed by atoms with van der Waals surface area (Å²) < 4.78 is 5.55. The third-order valence-corrected chi connectivity index (χ3v) is 2.47. The van der Waals surface area contributed by atoms with E-state index in [1.807, 2.05) is 19.9 Å². The second-order valence-electron chi connectivity index (χ2n) is 3.80. The number of ether oxygens (including phenoxy) is 1. The molecule has 2 rings (SSSR count). The predicted octanol–water partition coefficient (Wildman–Crippen LogP) is 1.41. The number of pyridine rings is 1. The van der Waals surface area contributed by atoms with Gasteiger partial charge in [-0.2, -0.15) is 0 Å². The van der Waals surface area contributed by atoms with Gasteiger partial charge in [-0.15, -0.1) is 0 Å². The first-order valence-corrected chi connectivity index (χ1v) is 5.59. The fourth-order valence-electron chi connectivity index (χ4n) is 1.52.